The summed E-state index contributed by atoms with van der Waals surface area (Å²) in [5.74, 6) is -2.39. The molecule has 1 aromatic heterocycles. The molecule has 2 rings (SSSR count). The average Bonchev–Trinajstić information content (AvgIpc) is 3.07. The number of carboxylic acids is 1. The van der Waals surface area contributed by atoms with Crippen LogP contribution in [0.15, 0.2) is 24.4 Å². The number of methoxy groups -OCH3 is 1. The minimum Gasteiger partial charge on any atom is -0.480 e. The molecule has 0 unspecified atom stereocenters. The molecule has 148 valence electrons. The maximum absolute atomic E-state index is 12.5. The lowest BCUT2D eigenvalue weighted by atomic mass is 10.0. The number of nitrogens with zero attached hydrogens (tertiary/aromatic N) is 2. The zero-order chi connectivity index (χ0) is 20.7. The molecule has 0 fully saturated rings. The van der Waals surface area contributed by atoms with Crippen LogP contribution in [0.4, 0.5) is 0 Å². The Bertz CT molecular complexity index is 930. The molecule has 1 heterocycles. The van der Waals surface area contributed by atoms with Crippen LogP contribution in [0.25, 0.3) is 16.4 Å². The molecule has 0 aliphatic carbocycles. The second kappa shape index (κ2) is 9.59. The standard InChI is InChI=1S/C19H22N4O5/c1-11-4-3-5-14-17(11)12(9-21-14)8-16(28-2)18(25)23-15(19(26)27)7-6-13(24)10-22-20/h3-5,9-10,15-16,21H,6-8H2,1-2H3,(H,23,25)(H,26,27)/t15-,16-/m0/s1. The molecule has 2 aromatic rings. The number of aryl methyl sites for hydroxylation is 1. The second-order valence-electron chi connectivity index (χ2n) is 6.39. The molecule has 0 bridgehead atoms. The summed E-state index contributed by atoms with van der Waals surface area (Å²) >= 11 is 0. The second-order valence-corrected chi connectivity index (χ2v) is 6.39. The number of nitrogens with one attached hydrogen (secondary N) is 2. The van der Waals surface area contributed by atoms with Gasteiger partial charge in [0.1, 0.15) is 12.1 Å². The van der Waals surface area contributed by atoms with Gasteiger partial charge in [0.2, 0.25) is 11.7 Å². The Morgan fingerprint density at radius 2 is 2.14 bits per heavy atom. The van der Waals surface area contributed by atoms with Gasteiger partial charge in [0.05, 0.1) is 0 Å². The van der Waals surface area contributed by atoms with Gasteiger partial charge >= 0.3 is 12.2 Å². The predicted molar refractivity (Wildman–Crippen MR) is 101 cm³/mol. The molecule has 9 nitrogen and oxygen atoms in total. The van der Waals surface area contributed by atoms with E-state index in [1.807, 2.05) is 25.1 Å². The largest absolute Gasteiger partial charge is 0.480 e. The predicted octanol–water partition coefficient (Wildman–Crippen LogP) is 1.25. The van der Waals surface area contributed by atoms with E-state index in [-0.39, 0.29) is 19.3 Å². The molecule has 28 heavy (non-hydrogen) atoms. The fourth-order valence-corrected chi connectivity index (χ4v) is 3.03. The SMILES string of the molecule is CO[C@@H](Cc1c[nH]c2cccc(C)c12)C(=O)N[C@@H](CCC(=O)C=[N+]=[N-])C(=O)O. The van der Waals surface area contributed by atoms with Crippen LogP contribution in [0.5, 0.6) is 0 Å². The van der Waals surface area contributed by atoms with Crippen molar-refractivity contribution in [3.8, 4) is 0 Å². The van der Waals surface area contributed by atoms with Gasteiger partial charge in [-0.1, -0.05) is 12.1 Å². The molecule has 0 spiro atoms. The number of amides is 1. The van der Waals surface area contributed by atoms with Crippen LogP contribution in [0, 0.1) is 6.92 Å². The smallest absolute Gasteiger partial charge is 0.326 e. The number of rotatable bonds is 10. The van der Waals surface area contributed by atoms with Crippen molar-refractivity contribution < 1.29 is 29.0 Å². The Morgan fingerprint density at radius 1 is 1.39 bits per heavy atom. The molecule has 0 saturated heterocycles. The first kappa shape index (κ1) is 21.0. The summed E-state index contributed by atoms with van der Waals surface area (Å²) < 4.78 is 5.28. The highest BCUT2D eigenvalue weighted by Crippen LogP contribution is 2.23. The Kier molecular flexibility index (Phi) is 7.20. The minimum absolute atomic E-state index is 0.130. The highest BCUT2D eigenvalue weighted by atomic mass is 16.5. The Labute approximate surface area is 161 Å². The Hall–Kier alpha value is -3.29. The van der Waals surface area contributed by atoms with Gasteiger partial charge in [-0.2, -0.15) is 4.79 Å². The van der Waals surface area contributed by atoms with Gasteiger partial charge in [-0.15, -0.1) is 0 Å². The number of H-pyrrole nitrogens is 1. The van der Waals surface area contributed by atoms with Crippen LogP contribution in [0.2, 0.25) is 0 Å². The van der Waals surface area contributed by atoms with Gasteiger partial charge in [0.15, 0.2) is 0 Å². The summed E-state index contributed by atoms with van der Waals surface area (Å²) in [6, 6.07) is 4.57. The van der Waals surface area contributed by atoms with Crippen LogP contribution < -0.4 is 5.32 Å². The molecule has 1 amide bonds. The molecule has 0 radical (unpaired) electrons. The first-order chi connectivity index (χ1) is 13.4. The molecular formula is C19H22N4O5. The first-order valence-corrected chi connectivity index (χ1v) is 8.69. The third kappa shape index (κ3) is 5.12. The van der Waals surface area contributed by atoms with E-state index in [0.29, 0.717) is 6.21 Å². The number of Topliss-reactive ketones (excluding diaryl/α,β-unsaturated/α-hetero) is 1. The number of fused-ring (bicyclic) bond motifs is 1. The molecule has 1 aromatic carbocycles. The number of ether oxygens (including phenoxy) is 1. The summed E-state index contributed by atoms with van der Waals surface area (Å²) in [6.07, 6.45) is 1.55. The third-order valence-electron chi connectivity index (χ3n) is 4.47. The topological polar surface area (TPSA) is 145 Å². The van der Waals surface area contributed by atoms with E-state index in [2.05, 4.69) is 15.1 Å². The van der Waals surface area contributed by atoms with Crippen LogP contribution in [0.1, 0.15) is 24.0 Å². The number of benzene rings is 1. The van der Waals surface area contributed by atoms with E-state index < -0.39 is 29.8 Å². The van der Waals surface area contributed by atoms with E-state index in [9.17, 15) is 19.5 Å². The molecular weight excluding hydrogens is 364 g/mol. The highest BCUT2D eigenvalue weighted by Gasteiger charge is 2.27. The molecule has 0 aliphatic rings. The number of aliphatic carboxylic acids is 1. The van der Waals surface area contributed by atoms with Gasteiger partial charge in [0.25, 0.3) is 0 Å². The Balaban J connectivity index is 2.09. The Morgan fingerprint density at radius 3 is 2.79 bits per heavy atom. The van der Waals surface area contributed by atoms with E-state index in [0.717, 1.165) is 22.0 Å². The number of aromatic amines is 1. The summed E-state index contributed by atoms with van der Waals surface area (Å²) in [5, 5.41) is 12.7. The summed E-state index contributed by atoms with van der Waals surface area (Å²) in [5.41, 5.74) is 11.2. The van der Waals surface area contributed by atoms with Crippen LogP contribution in [-0.2, 0) is 25.5 Å². The van der Waals surface area contributed by atoms with Crippen molar-refractivity contribution in [3.63, 3.8) is 0 Å². The minimum atomic E-state index is -1.26. The van der Waals surface area contributed by atoms with Crippen LogP contribution in [-0.4, -0.2) is 58.0 Å². The lowest BCUT2D eigenvalue weighted by Crippen LogP contribution is -2.46. The van der Waals surface area contributed by atoms with E-state index in [4.69, 9.17) is 10.3 Å². The van der Waals surface area contributed by atoms with Crippen molar-refractivity contribution >= 4 is 34.8 Å². The number of hydrogen-bond donors (Lipinski definition) is 3. The maximum Gasteiger partial charge on any atom is 0.326 e. The average molecular weight is 386 g/mol. The molecule has 2 atom stereocenters. The van der Waals surface area contributed by atoms with Gasteiger partial charge in [-0.25, -0.2) is 4.79 Å². The normalized spacial score (nSPS) is 12.8. The third-order valence-corrected chi connectivity index (χ3v) is 4.47. The fraction of sp³-hybridized carbons (Fsp3) is 0.368. The number of hydrogen-bond acceptors (Lipinski definition) is 4. The molecule has 0 aliphatic heterocycles. The summed E-state index contributed by atoms with van der Waals surface area (Å²) in [4.78, 5) is 41.1. The zero-order valence-electron chi connectivity index (χ0n) is 15.6. The number of carboxylic acid groups (broad SMARTS) is 1. The number of carbonyl (C=O) groups is 3. The van der Waals surface area contributed by atoms with Crippen molar-refractivity contribution in [2.45, 2.75) is 38.3 Å². The van der Waals surface area contributed by atoms with Crippen LogP contribution >= 0.6 is 0 Å². The van der Waals surface area contributed by atoms with Gasteiger partial charge in [-0.3, -0.25) is 9.59 Å². The number of aromatic nitrogens is 1. The van der Waals surface area contributed by atoms with Crippen molar-refractivity contribution in [2.75, 3.05) is 7.11 Å². The van der Waals surface area contributed by atoms with Gasteiger partial charge in [-0.05, 0) is 30.5 Å². The first-order valence-electron chi connectivity index (χ1n) is 8.69. The van der Waals surface area contributed by atoms with Crippen molar-refractivity contribution in [1.29, 1.82) is 0 Å². The van der Waals surface area contributed by atoms with Crippen molar-refractivity contribution in [1.82, 2.24) is 10.3 Å². The molecule has 0 saturated carbocycles. The van der Waals surface area contributed by atoms with E-state index >= 15 is 0 Å². The van der Waals surface area contributed by atoms with Crippen molar-refractivity contribution in [2.24, 2.45) is 0 Å². The fourth-order valence-electron chi connectivity index (χ4n) is 3.03. The monoisotopic (exact) mass is 386 g/mol. The molecule has 3 N–H and O–H groups in total. The zero-order valence-corrected chi connectivity index (χ0v) is 15.6. The highest BCUT2D eigenvalue weighted by molar-refractivity contribution is 6.25. The molecule has 9 heteroatoms. The van der Waals surface area contributed by atoms with Crippen molar-refractivity contribution in [3.05, 3.63) is 41.1 Å². The lowest BCUT2D eigenvalue weighted by Gasteiger charge is -2.19. The maximum atomic E-state index is 12.5. The summed E-state index contributed by atoms with van der Waals surface area (Å²) in [7, 11) is 1.38. The lowest BCUT2D eigenvalue weighted by molar-refractivity contribution is -0.144. The van der Waals surface area contributed by atoms with E-state index in [1.54, 1.807) is 6.20 Å². The quantitative estimate of drug-likeness (QED) is 0.320. The van der Waals surface area contributed by atoms with Crippen LogP contribution in [0.3, 0.4) is 0 Å². The number of carbonyl (C=O) groups excluding carboxylic acids is 2. The van der Waals surface area contributed by atoms with Gasteiger partial charge in [0, 0.05) is 37.1 Å². The number of ketones is 1. The van der Waals surface area contributed by atoms with E-state index in [1.165, 1.54) is 7.11 Å². The van der Waals surface area contributed by atoms with Gasteiger partial charge < -0.3 is 25.7 Å². The summed E-state index contributed by atoms with van der Waals surface area (Å²) in [6.45, 7) is 1.97.